The first-order valence-corrected chi connectivity index (χ1v) is 12.6. The smallest absolute Gasteiger partial charge is 0.335 e. The highest BCUT2D eigenvalue weighted by Gasteiger charge is 2.36. The van der Waals surface area contributed by atoms with Crippen LogP contribution in [-0.2, 0) is 16.2 Å². The molecule has 1 N–H and O–H groups in total. The van der Waals surface area contributed by atoms with Crippen LogP contribution in [0.15, 0.2) is 99.4 Å². The molecule has 4 amide bonds. The lowest BCUT2D eigenvalue weighted by atomic mass is 10.1. The number of amides is 4. The van der Waals surface area contributed by atoms with E-state index in [1.165, 1.54) is 6.08 Å². The molecule has 0 bridgehead atoms. The van der Waals surface area contributed by atoms with Crippen LogP contribution in [0.25, 0.3) is 16.8 Å². The number of anilines is 1. The van der Waals surface area contributed by atoms with Gasteiger partial charge in [-0.2, -0.15) is 0 Å². The molecule has 0 radical (unpaired) electrons. The van der Waals surface area contributed by atoms with Crippen LogP contribution in [-0.4, -0.2) is 17.8 Å². The molecule has 4 aromatic carbocycles. The number of carbonyl (C=O) groups excluding carboxylic acids is 3. The van der Waals surface area contributed by atoms with Crippen LogP contribution in [0, 0.1) is 0 Å². The van der Waals surface area contributed by atoms with Crippen molar-refractivity contribution in [2.75, 3.05) is 4.90 Å². The van der Waals surface area contributed by atoms with E-state index in [1.807, 2.05) is 24.3 Å². The van der Waals surface area contributed by atoms with Gasteiger partial charge in [0.2, 0.25) is 0 Å². The molecule has 36 heavy (non-hydrogen) atoms. The number of benzene rings is 4. The summed E-state index contributed by atoms with van der Waals surface area (Å²) < 4.78 is 7.41. The Kier molecular flexibility index (Phi) is 6.71. The number of rotatable bonds is 5. The van der Waals surface area contributed by atoms with E-state index in [2.05, 4.69) is 55.4 Å². The normalized spacial score (nSPS) is 14.9. The van der Waals surface area contributed by atoms with Crippen molar-refractivity contribution in [2.24, 2.45) is 0 Å². The Labute approximate surface area is 223 Å². The fourth-order valence-electron chi connectivity index (χ4n) is 4.00. The number of ether oxygens (including phenoxy) is 1. The predicted molar refractivity (Wildman–Crippen MR) is 146 cm³/mol. The number of hydrogen-bond donors (Lipinski definition) is 1. The zero-order chi connectivity index (χ0) is 25.2. The van der Waals surface area contributed by atoms with Crippen LogP contribution in [0.5, 0.6) is 5.75 Å². The van der Waals surface area contributed by atoms with Gasteiger partial charge in [-0.15, -0.1) is 0 Å². The molecule has 1 aliphatic rings. The molecule has 1 aliphatic heterocycles. The van der Waals surface area contributed by atoms with Crippen molar-refractivity contribution in [1.29, 1.82) is 0 Å². The van der Waals surface area contributed by atoms with Crippen LogP contribution >= 0.6 is 31.9 Å². The first-order chi connectivity index (χ1) is 17.4. The van der Waals surface area contributed by atoms with Crippen LogP contribution in [0.2, 0.25) is 0 Å². The van der Waals surface area contributed by atoms with Gasteiger partial charge in [0.1, 0.15) is 17.9 Å². The van der Waals surface area contributed by atoms with Gasteiger partial charge >= 0.3 is 6.03 Å². The highest BCUT2D eigenvalue weighted by molar-refractivity contribution is 9.11. The molecule has 0 atom stereocenters. The maximum Gasteiger partial charge on any atom is 0.335 e. The molecule has 8 heteroatoms. The lowest BCUT2D eigenvalue weighted by Gasteiger charge is -2.26. The van der Waals surface area contributed by atoms with Crippen molar-refractivity contribution >= 4 is 72.2 Å². The third kappa shape index (κ3) is 4.69. The Bertz CT molecular complexity index is 1520. The zero-order valence-corrected chi connectivity index (χ0v) is 21.9. The Hall–Kier alpha value is -3.75. The Morgan fingerprint density at radius 2 is 1.50 bits per heavy atom. The third-order valence-corrected chi connectivity index (χ3v) is 6.88. The van der Waals surface area contributed by atoms with E-state index in [0.717, 1.165) is 21.2 Å². The Morgan fingerprint density at radius 1 is 0.833 bits per heavy atom. The predicted octanol–water partition coefficient (Wildman–Crippen LogP) is 6.61. The molecule has 1 saturated heterocycles. The van der Waals surface area contributed by atoms with Crippen molar-refractivity contribution in [3.05, 3.63) is 111 Å². The van der Waals surface area contributed by atoms with Crippen molar-refractivity contribution in [2.45, 2.75) is 6.61 Å². The summed E-state index contributed by atoms with van der Waals surface area (Å²) in [6.07, 6.45) is 1.45. The second-order valence-corrected chi connectivity index (χ2v) is 9.74. The van der Waals surface area contributed by atoms with Crippen LogP contribution < -0.4 is 15.0 Å². The van der Waals surface area contributed by atoms with E-state index in [1.54, 1.807) is 42.5 Å². The summed E-state index contributed by atoms with van der Waals surface area (Å²) >= 11 is 7.08. The fourth-order valence-corrected chi connectivity index (χ4v) is 5.46. The zero-order valence-electron chi connectivity index (χ0n) is 18.7. The van der Waals surface area contributed by atoms with Crippen LogP contribution in [0.4, 0.5) is 10.5 Å². The molecule has 0 saturated carbocycles. The third-order valence-electron chi connectivity index (χ3n) is 5.70. The molecular weight excluding hydrogens is 588 g/mol. The Morgan fingerprint density at radius 3 is 2.25 bits per heavy atom. The summed E-state index contributed by atoms with van der Waals surface area (Å²) in [7, 11) is 0. The van der Waals surface area contributed by atoms with E-state index >= 15 is 0 Å². The minimum Gasteiger partial charge on any atom is -0.487 e. The average molecular weight is 606 g/mol. The van der Waals surface area contributed by atoms with Gasteiger partial charge in [-0.3, -0.25) is 14.9 Å². The molecule has 0 spiro atoms. The molecular formula is C28H18Br2N2O4. The maximum atomic E-state index is 13.1. The second kappa shape index (κ2) is 10.1. The lowest BCUT2D eigenvalue weighted by Crippen LogP contribution is -2.54. The molecule has 178 valence electrons. The number of halogens is 2. The molecule has 5 rings (SSSR count). The van der Waals surface area contributed by atoms with E-state index in [4.69, 9.17) is 4.74 Å². The van der Waals surface area contributed by atoms with E-state index in [-0.39, 0.29) is 5.57 Å². The van der Waals surface area contributed by atoms with Crippen molar-refractivity contribution in [3.8, 4) is 5.75 Å². The van der Waals surface area contributed by atoms with Crippen LogP contribution in [0.1, 0.15) is 11.1 Å². The van der Waals surface area contributed by atoms with Gasteiger partial charge in [-0.25, -0.2) is 9.69 Å². The van der Waals surface area contributed by atoms with Gasteiger partial charge in [0.25, 0.3) is 11.8 Å². The summed E-state index contributed by atoms with van der Waals surface area (Å²) in [5.41, 5.74) is 1.85. The molecule has 1 heterocycles. The molecule has 6 nitrogen and oxygen atoms in total. The van der Waals surface area contributed by atoms with Gasteiger partial charge in [-0.05, 0) is 84.1 Å². The molecule has 0 aromatic heterocycles. The second-order valence-electron chi connectivity index (χ2n) is 8.03. The number of barbiturate groups is 1. The topological polar surface area (TPSA) is 75.7 Å². The van der Waals surface area contributed by atoms with Crippen LogP contribution in [0.3, 0.4) is 0 Å². The minimum atomic E-state index is -0.784. The summed E-state index contributed by atoms with van der Waals surface area (Å²) in [4.78, 5) is 38.9. The summed E-state index contributed by atoms with van der Waals surface area (Å²) in [6.45, 7) is 0.355. The average Bonchev–Trinajstić information content (AvgIpc) is 2.86. The number of nitrogens with zero attached hydrogens (tertiary/aromatic N) is 1. The first kappa shape index (κ1) is 24.0. The standard InChI is InChI=1S/C28H18Br2N2O4/c29-23-14-17(13-22-26(33)31-28(35)32(27(22)34)20-10-2-1-3-11-20)15-24(30)25(23)36-16-19-9-6-8-18-7-4-5-12-21(18)19/h1-15H,16H2,(H,31,33,35)/b22-13+. The summed E-state index contributed by atoms with van der Waals surface area (Å²) in [6, 6.07) is 25.3. The van der Waals surface area contributed by atoms with Crippen molar-refractivity contribution in [3.63, 3.8) is 0 Å². The lowest BCUT2D eigenvalue weighted by molar-refractivity contribution is -0.122. The molecule has 0 unspecified atom stereocenters. The summed E-state index contributed by atoms with van der Waals surface area (Å²) in [5, 5.41) is 4.49. The number of nitrogens with one attached hydrogen (secondary N) is 1. The number of fused-ring (bicyclic) bond motifs is 1. The number of hydrogen-bond acceptors (Lipinski definition) is 4. The van der Waals surface area contributed by atoms with E-state index in [9.17, 15) is 14.4 Å². The largest absolute Gasteiger partial charge is 0.487 e. The quantitative estimate of drug-likeness (QED) is 0.205. The monoisotopic (exact) mass is 604 g/mol. The Balaban J connectivity index is 1.42. The number of urea groups is 1. The van der Waals surface area contributed by atoms with Gasteiger partial charge in [0.15, 0.2) is 0 Å². The van der Waals surface area contributed by atoms with E-state index in [0.29, 0.717) is 32.6 Å². The number of imide groups is 2. The van der Waals surface area contributed by atoms with Gasteiger partial charge in [0, 0.05) is 0 Å². The van der Waals surface area contributed by atoms with E-state index < -0.39 is 17.8 Å². The van der Waals surface area contributed by atoms with Gasteiger partial charge in [0.05, 0.1) is 14.6 Å². The van der Waals surface area contributed by atoms with Crippen molar-refractivity contribution < 1.29 is 19.1 Å². The van der Waals surface area contributed by atoms with Gasteiger partial charge in [-0.1, -0.05) is 60.7 Å². The number of carbonyl (C=O) groups is 3. The fraction of sp³-hybridized carbons (Fsp3) is 0.0357. The molecule has 1 fully saturated rings. The van der Waals surface area contributed by atoms with Crippen molar-refractivity contribution in [1.82, 2.24) is 5.32 Å². The highest BCUT2D eigenvalue weighted by Crippen LogP contribution is 2.36. The highest BCUT2D eigenvalue weighted by atomic mass is 79.9. The first-order valence-electron chi connectivity index (χ1n) is 11.0. The summed E-state index contributed by atoms with van der Waals surface area (Å²) in [5.74, 6) is -0.857. The van der Waals surface area contributed by atoms with Gasteiger partial charge < -0.3 is 4.74 Å². The molecule has 0 aliphatic carbocycles. The SMILES string of the molecule is O=C1NC(=O)N(c2ccccc2)C(=O)/C1=C/c1cc(Br)c(OCc2cccc3ccccc23)c(Br)c1. The number of para-hydroxylation sites is 1. The molecule has 4 aromatic rings. The minimum absolute atomic E-state index is 0.151. The maximum absolute atomic E-state index is 13.1.